The summed E-state index contributed by atoms with van der Waals surface area (Å²) in [4.78, 5) is 13.9. The van der Waals surface area contributed by atoms with Gasteiger partial charge in [-0.3, -0.25) is 4.79 Å². The summed E-state index contributed by atoms with van der Waals surface area (Å²) in [5.74, 6) is 0.458. The number of likely N-dealkylation sites (tertiary alicyclic amines) is 1. The molecule has 6 nitrogen and oxygen atoms in total. The zero-order valence-electron chi connectivity index (χ0n) is 13.2. The van der Waals surface area contributed by atoms with Gasteiger partial charge < -0.3 is 19.8 Å². The maximum absolute atomic E-state index is 12.4. The van der Waals surface area contributed by atoms with E-state index in [1.54, 1.807) is 36.9 Å². The lowest BCUT2D eigenvalue weighted by Gasteiger charge is -2.46. The van der Waals surface area contributed by atoms with E-state index in [0.29, 0.717) is 29.7 Å². The molecule has 1 aromatic rings. The minimum Gasteiger partial charge on any atom is -0.485 e. The number of carbonyl (C=O) groups is 1. The highest BCUT2D eigenvalue weighted by atomic mass is 16.5. The number of benzene rings is 1. The summed E-state index contributed by atoms with van der Waals surface area (Å²) >= 11 is 0. The van der Waals surface area contributed by atoms with Gasteiger partial charge in [-0.05, 0) is 38.5 Å². The monoisotopic (exact) mass is 316 g/mol. The van der Waals surface area contributed by atoms with E-state index in [2.05, 4.69) is 6.07 Å². The number of aliphatic hydroxyl groups excluding tert-OH is 2. The second-order valence-corrected chi connectivity index (χ2v) is 6.64. The molecule has 0 bridgehead atoms. The third kappa shape index (κ3) is 2.46. The zero-order chi connectivity index (χ0) is 16.8. The van der Waals surface area contributed by atoms with Crippen LogP contribution in [0.2, 0.25) is 0 Å². The topological polar surface area (TPSA) is 93.8 Å². The lowest BCUT2D eigenvalue weighted by atomic mass is 9.84. The fourth-order valence-electron chi connectivity index (χ4n) is 3.46. The van der Waals surface area contributed by atoms with Crippen molar-refractivity contribution < 1.29 is 19.7 Å². The summed E-state index contributed by atoms with van der Waals surface area (Å²) in [5.41, 5.74) is 0.176. The molecule has 1 saturated heterocycles. The fraction of sp³-hybridized carbons (Fsp3) is 0.529. The largest absolute Gasteiger partial charge is 0.485 e. The van der Waals surface area contributed by atoms with Crippen molar-refractivity contribution in [3.63, 3.8) is 0 Å². The number of fused-ring (bicyclic) bond motifs is 1. The summed E-state index contributed by atoms with van der Waals surface area (Å²) < 4.78 is 5.87. The van der Waals surface area contributed by atoms with E-state index in [1.165, 1.54) is 0 Å². The third-order valence-corrected chi connectivity index (χ3v) is 4.73. The van der Waals surface area contributed by atoms with E-state index in [9.17, 15) is 15.0 Å². The summed E-state index contributed by atoms with van der Waals surface area (Å²) in [6, 6.07) is 6.12. The lowest BCUT2D eigenvalue weighted by Crippen LogP contribution is -2.55. The molecule has 0 saturated carbocycles. The fourth-order valence-corrected chi connectivity index (χ4v) is 3.46. The van der Waals surface area contributed by atoms with Crippen molar-refractivity contribution in [1.29, 1.82) is 5.26 Å². The molecule has 1 fully saturated rings. The van der Waals surface area contributed by atoms with Gasteiger partial charge in [0.05, 0.1) is 30.3 Å². The molecule has 0 radical (unpaired) electrons. The number of amides is 1. The molecule has 2 heterocycles. The molecule has 2 aliphatic rings. The van der Waals surface area contributed by atoms with Gasteiger partial charge in [-0.25, -0.2) is 0 Å². The Morgan fingerprint density at radius 3 is 2.87 bits per heavy atom. The van der Waals surface area contributed by atoms with Gasteiger partial charge in [0.15, 0.2) is 0 Å². The predicted molar refractivity (Wildman–Crippen MR) is 81.6 cm³/mol. The quantitative estimate of drug-likeness (QED) is 0.852. The molecule has 0 aromatic heterocycles. The van der Waals surface area contributed by atoms with Crippen molar-refractivity contribution in [3.8, 4) is 11.8 Å². The zero-order valence-corrected chi connectivity index (χ0v) is 13.2. The standard InChI is InChI=1S/C17H20N2O4/c1-17(2)16(22)15(19-11(9-20)4-6-14(19)21)12-7-10(8-18)3-5-13(12)23-17/h3,5,7,11,15-16,20,22H,4,6,9H2,1-2H3/t11?,15-,16+/m1/s1. The number of ether oxygens (including phenoxy) is 1. The normalized spacial score (nSPS) is 28.9. The first-order valence-corrected chi connectivity index (χ1v) is 7.72. The number of carbonyl (C=O) groups excluding carboxylic acids is 1. The van der Waals surface area contributed by atoms with Gasteiger partial charge in [-0.15, -0.1) is 0 Å². The number of aliphatic hydroxyl groups is 2. The number of rotatable bonds is 2. The Kier molecular flexibility index (Phi) is 3.78. The van der Waals surface area contributed by atoms with Crippen molar-refractivity contribution in [1.82, 2.24) is 4.90 Å². The molecule has 1 aromatic carbocycles. The Labute approximate surface area is 134 Å². The highest BCUT2D eigenvalue weighted by Crippen LogP contribution is 2.45. The van der Waals surface area contributed by atoms with Crippen LogP contribution in [0.3, 0.4) is 0 Å². The van der Waals surface area contributed by atoms with Crippen molar-refractivity contribution in [3.05, 3.63) is 29.3 Å². The average Bonchev–Trinajstić information content (AvgIpc) is 2.89. The van der Waals surface area contributed by atoms with Gasteiger partial charge in [0, 0.05) is 12.0 Å². The highest BCUT2D eigenvalue weighted by Gasteiger charge is 2.49. The summed E-state index contributed by atoms with van der Waals surface area (Å²) in [5, 5.41) is 29.5. The van der Waals surface area contributed by atoms with Gasteiger partial charge in [0.2, 0.25) is 5.91 Å². The van der Waals surface area contributed by atoms with Crippen LogP contribution in [0.5, 0.6) is 5.75 Å². The molecule has 1 unspecified atom stereocenters. The Morgan fingerprint density at radius 1 is 1.48 bits per heavy atom. The maximum Gasteiger partial charge on any atom is 0.223 e. The van der Waals surface area contributed by atoms with E-state index < -0.39 is 17.7 Å². The van der Waals surface area contributed by atoms with Crippen LogP contribution in [-0.4, -0.2) is 45.4 Å². The van der Waals surface area contributed by atoms with Gasteiger partial charge in [0.25, 0.3) is 0 Å². The highest BCUT2D eigenvalue weighted by molar-refractivity contribution is 5.79. The maximum atomic E-state index is 12.4. The molecule has 0 aliphatic carbocycles. The average molecular weight is 316 g/mol. The van der Waals surface area contributed by atoms with Crippen LogP contribution in [0.1, 0.15) is 43.9 Å². The predicted octanol–water partition coefficient (Wildman–Crippen LogP) is 1.11. The molecule has 122 valence electrons. The first-order valence-electron chi connectivity index (χ1n) is 7.72. The summed E-state index contributed by atoms with van der Waals surface area (Å²) in [7, 11) is 0. The molecule has 2 aliphatic heterocycles. The molecule has 0 spiro atoms. The van der Waals surface area contributed by atoms with Gasteiger partial charge in [0.1, 0.15) is 17.5 Å². The van der Waals surface area contributed by atoms with Crippen LogP contribution < -0.4 is 4.74 Å². The second kappa shape index (κ2) is 5.52. The van der Waals surface area contributed by atoms with Crippen LogP contribution in [0, 0.1) is 11.3 Å². The first-order chi connectivity index (χ1) is 10.9. The van der Waals surface area contributed by atoms with Crippen LogP contribution in [0.25, 0.3) is 0 Å². The smallest absolute Gasteiger partial charge is 0.223 e. The minimum atomic E-state index is -0.958. The molecule has 3 rings (SSSR count). The Hall–Kier alpha value is -2.10. The number of nitrogens with zero attached hydrogens (tertiary/aromatic N) is 2. The van der Waals surface area contributed by atoms with E-state index in [1.807, 2.05) is 0 Å². The third-order valence-electron chi connectivity index (χ3n) is 4.73. The Balaban J connectivity index is 2.14. The second-order valence-electron chi connectivity index (χ2n) is 6.64. The number of hydrogen-bond donors (Lipinski definition) is 2. The van der Waals surface area contributed by atoms with Crippen molar-refractivity contribution in [2.24, 2.45) is 0 Å². The summed E-state index contributed by atoms with van der Waals surface area (Å²) in [6.45, 7) is 3.38. The molecular formula is C17H20N2O4. The Bertz CT molecular complexity index is 680. The van der Waals surface area contributed by atoms with Crippen LogP contribution >= 0.6 is 0 Å². The van der Waals surface area contributed by atoms with E-state index in [0.717, 1.165) is 0 Å². The SMILES string of the molecule is CC1(C)Oc2ccc(C#N)cc2[C@@H](N2C(=O)CCC2CO)[C@@H]1O. The van der Waals surface area contributed by atoms with Crippen LogP contribution in [0.15, 0.2) is 18.2 Å². The van der Waals surface area contributed by atoms with Gasteiger partial charge in [-0.2, -0.15) is 5.26 Å². The van der Waals surface area contributed by atoms with Crippen molar-refractivity contribution in [2.45, 2.75) is 50.5 Å². The van der Waals surface area contributed by atoms with E-state index >= 15 is 0 Å². The van der Waals surface area contributed by atoms with Crippen LogP contribution in [0.4, 0.5) is 0 Å². The van der Waals surface area contributed by atoms with E-state index in [4.69, 9.17) is 10.00 Å². The van der Waals surface area contributed by atoms with Gasteiger partial charge >= 0.3 is 0 Å². The van der Waals surface area contributed by atoms with Crippen LogP contribution in [-0.2, 0) is 4.79 Å². The van der Waals surface area contributed by atoms with Crippen molar-refractivity contribution >= 4 is 5.91 Å². The molecule has 2 N–H and O–H groups in total. The summed E-state index contributed by atoms with van der Waals surface area (Å²) in [6.07, 6.45) is -0.0455. The molecule has 1 amide bonds. The molecular weight excluding hydrogens is 296 g/mol. The molecule has 3 atom stereocenters. The molecule has 23 heavy (non-hydrogen) atoms. The van der Waals surface area contributed by atoms with Gasteiger partial charge in [-0.1, -0.05) is 0 Å². The molecule has 6 heteroatoms. The first kappa shape index (κ1) is 15.8. The van der Waals surface area contributed by atoms with Crippen molar-refractivity contribution in [2.75, 3.05) is 6.61 Å². The number of nitriles is 1. The minimum absolute atomic E-state index is 0.0980. The Morgan fingerprint density at radius 2 is 2.22 bits per heavy atom. The van der Waals surface area contributed by atoms with E-state index in [-0.39, 0.29) is 18.6 Å². The number of hydrogen-bond acceptors (Lipinski definition) is 5. The lowest BCUT2D eigenvalue weighted by molar-refractivity contribution is -0.144.